The molecule has 0 amide bonds. The fourth-order valence-corrected chi connectivity index (χ4v) is 1.85. The zero-order valence-electron chi connectivity index (χ0n) is 10.1. The molecule has 4 heteroatoms. The topological polar surface area (TPSA) is 47.3 Å². The summed E-state index contributed by atoms with van der Waals surface area (Å²) in [6.45, 7) is 12.5. The van der Waals surface area contributed by atoms with Gasteiger partial charge in [-0.2, -0.15) is 0 Å². The van der Waals surface area contributed by atoms with Gasteiger partial charge in [0.2, 0.25) is 0 Å². The number of nitrogens with two attached hydrogens (primary N) is 1. The molecule has 0 saturated heterocycles. The minimum absolute atomic E-state index is 0.679. The largest absolute Gasteiger partial charge is 0.418 e. The molecule has 0 aromatic carbocycles. The lowest BCUT2D eigenvalue weighted by Crippen LogP contribution is -2.29. The molecule has 14 heavy (non-hydrogen) atoms. The third kappa shape index (κ3) is 10.2. The van der Waals surface area contributed by atoms with Gasteiger partial charge in [0.05, 0.1) is 0 Å². The SMILES string of the molecule is CC(CCO[Si](C)(C)C)CNCCN. The summed E-state index contributed by atoms with van der Waals surface area (Å²) in [5.41, 5.74) is 5.39. The normalized spacial score (nSPS) is 14.4. The molecule has 0 rings (SSSR count). The monoisotopic (exact) mass is 218 g/mol. The van der Waals surface area contributed by atoms with Crippen molar-refractivity contribution in [3.8, 4) is 0 Å². The number of rotatable bonds is 8. The summed E-state index contributed by atoms with van der Waals surface area (Å²) in [6, 6.07) is 0. The minimum Gasteiger partial charge on any atom is -0.418 e. The quantitative estimate of drug-likeness (QED) is 0.478. The predicted octanol–water partition coefficient (Wildman–Crippen LogP) is 1.41. The zero-order chi connectivity index (χ0) is 11.0. The van der Waals surface area contributed by atoms with Crippen molar-refractivity contribution in [2.45, 2.75) is 33.0 Å². The van der Waals surface area contributed by atoms with Gasteiger partial charge in [0.25, 0.3) is 0 Å². The fourth-order valence-electron chi connectivity index (χ4n) is 1.12. The Balaban J connectivity index is 3.31. The predicted molar refractivity (Wildman–Crippen MR) is 65.0 cm³/mol. The molecular weight excluding hydrogens is 192 g/mol. The van der Waals surface area contributed by atoms with E-state index in [-0.39, 0.29) is 0 Å². The summed E-state index contributed by atoms with van der Waals surface area (Å²) in [5, 5.41) is 3.31. The number of nitrogens with one attached hydrogen (secondary N) is 1. The van der Waals surface area contributed by atoms with Crippen LogP contribution in [0.3, 0.4) is 0 Å². The second kappa shape index (κ2) is 7.40. The van der Waals surface area contributed by atoms with E-state index >= 15 is 0 Å². The van der Waals surface area contributed by atoms with Gasteiger partial charge >= 0.3 is 0 Å². The number of hydrogen-bond donors (Lipinski definition) is 2. The van der Waals surface area contributed by atoms with Crippen LogP contribution in [-0.2, 0) is 4.43 Å². The van der Waals surface area contributed by atoms with E-state index in [1.165, 1.54) is 0 Å². The zero-order valence-corrected chi connectivity index (χ0v) is 11.1. The third-order valence-electron chi connectivity index (χ3n) is 1.96. The Morgan fingerprint density at radius 2 is 2.00 bits per heavy atom. The first kappa shape index (κ1) is 14.1. The fraction of sp³-hybridized carbons (Fsp3) is 1.00. The van der Waals surface area contributed by atoms with E-state index in [0.717, 1.165) is 32.7 Å². The second-order valence-corrected chi connectivity index (χ2v) is 9.36. The van der Waals surface area contributed by atoms with E-state index in [2.05, 4.69) is 31.9 Å². The highest BCUT2D eigenvalue weighted by Gasteiger charge is 2.14. The Morgan fingerprint density at radius 3 is 2.50 bits per heavy atom. The first-order valence-electron chi connectivity index (χ1n) is 5.50. The summed E-state index contributed by atoms with van der Waals surface area (Å²) in [5.74, 6) is 0.679. The molecule has 3 N–H and O–H groups in total. The maximum Gasteiger partial charge on any atom is 0.183 e. The van der Waals surface area contributed by atoms with Crippen LogP contribution in [0.4, 0.5) is 0 Å². The Labute approximate surface area is 89.5 Å². The Bertz CT molecular complexity index is 137. The molecular formula is C10H26N2OSi. The first-order valence-corrected chi connectivity index (χ1v) is 8.91. The van der Waals surface area contributed by atoms with Crippen LogP contribution in [-0.4, -0.2) is 34.6 Å². The van der Waals surface area contributed by atoms with Crippen LogP contribution in [0, 0.1) is 5.92 Å². The van der Waals surface area contributed by atoms with Gasteiger partial charge in [-0.25, -0.2) is 0 Å². The van der Waals surface area contributed by atoms with Crippen molar-refractivity contribution in [1.82, 2.24) is 5.32 Å². The molecule has 3 nitrogen and oxygen atoms in total. The molecule has 0 saturated carbocycles. The van der Waals surface area contributed by atoms with Crippen LogP contribution in [0.1, 0.15) is 13.3 Å². The molecule has 0 aliphatic carbocycles. The molecule has 0 bridgehead atoms. The highest BCUT2D eigenvalue weighted by Crippen LogP contribution is 2.06. The van der Waals surface area contributed by atoms with Gasteiger partial charge in [-0.3, -0.25) is 0 Å². The van der Waals surface area contributed by atoms with Crippen molar-refractivity contribution in [3.63, 3.8) is 0 Å². The summed E-state index contributed by atoms with van der Waals surface area (Å²) in [6.07, 6.45) is 1.14. The van der Waals surface area contributed by atoms with Crippen molar-refractivity contribution in [1.29, 1.82) is 0 Å². The Hall–Kier alpha value is 0.0969. The Morgan fingerprint density at radius 1 is 1.36 bits per heavy atom. The standard InChI is InChI=1S/C10H26N2OSi/c1-10(9-12-7-6-11)5-8-13-14(2,3)4/h10,12H,5-9,11H2,1-4H3. The molecule has 1 atom stereocenters. The highest BCUT2D eigenvalue weighted by atomic mass is 28.4. The lowest BCUT2D eigenvalue weighted by atomic mass is 10.1. The van der Waals surface area contributed by atoms with Crippen molar-refractivity contribution in [2.75, 3.05) is 26.2 Å². The third-order valence-corrected chi connectivity index (χ3v) is 3.03. The van der Waals surface area contributed by atoms with Crippen LogP contribution < -0.4 is 11.1 Å². The van der Waals surface area contributed by atoms with E-state index in [1.807, 2.05) is 0 Å². The molecule has 0 radical (unpaired) electrons. The molecule has 0 aliphatic heterocycles. The van der Waals surface area contributed by atoms with Gasteiger partial charge in [-0.15, -0.1) is 0 Å². The molecule has 0 spiro atoms. The van der Waals surface area contributed by atoms with Crippen LogP contribution >= 0.6 is 0 Å². The summed E-state index contributed by atoms with van der Waals surface area (Å²) < 4.78 is 5.79. The molecule has 0 heterocycles. The maximum atomic E-state index is 5.79. The lowest BCUT2D eigenvalue weighted by molar-refractivity contribution is 0.275. The molecule has 0 aromatic rings. The van der Waals surface area contributed by atoms with Gasteiger partial charge in [0.1, 0.15) is 0 Å². The molecule has 0 fully saturated rings. The Kier molecular flexibility index (Phi) is 7.45. The van der Waals surface area contributed by atoms with Crippen LogP contribution in [0.15, 0.2) is 0 Å². The molecule has 0 aliphatic rings. The van der Waals surface area contributed by atoms with E-state index in [1.54, 1.807) is 0 Å². The van der Waals surface area contributed by atoms with Gasteiger partial charge in [-0.1, -0.05) is 6.92 Å². The summed E-state index contributed by atoms with van der Waals surface area (Å²) in [4.78, 5) is 0. The van der Waals surface area contributed by atoms with Crippen molar-refractivity contribution < 1.29 is 4.43 Å². The van der Waals surface area contributed by atoms with Gasteiger partial charge in [0, 0.05) is 19.7 Å². The first-order chi connectivity index (χ1) is 6.45. The lowest BCUT2D eigenvalue weighted by Gasteiger charge is -2.19. The van der Waals surface area contributed by atoms with Gasteiger partial charge < -0.3 is 15.5 Å². The van der Waals surface area contributed by atoms with Gasteiger partial charge in [0.15, 0.2) is 8.32 Å². The smallest absolute Gasteiger partial charge is 0.183 e. The van der Waals surface area contributed by atoms with E-state index in [9.17, 15) is 0 Å². The average Bonchev–Trinajstić information content (AvgIpc) is 2.02. The minimum atomic E-state index is -1.30. The summed E-state index contributed by atoms with van der Waals surface area (Å²) in [7, 11) is -1.30. The highest BCUT2D eigenvalue weighted by molar-refractivity contribution is 6.69. The maximum absolute atomic E-state index is 5.79. The van der Waals surface area contributed by atoms with Crippen molar-refractivity contribution >= 4 is 8.32 Å². The second-order valence-electron chi connectivity index (χ2n) is 4.85. The number of hydrogen-bond acceptors (Lipinski definition) is 3. The van der Waals surface area contributed by atoms with Crippen LogP contribution in [0.2, 0.25) is 19.6 Å². The van der Waals surface area contributed by atoms with Crippen molar-refractivity contribution in [3.05, 3.63) is 0 Å². The summed E-state index contributed by atoms with van der Waals surface area (Å²) >= 11 is 0. The van der Waals surface area contributed by atoms with E-state index < -0.39 is 8.32 Å². The molecule has 1 unspecified atom stereocenters. The van der Waals surface area contributed by atoms with Crippen LogP contribution in [0.5, 0.6) is 0 Å². The molecule has 86 valence electrons. The van der Waals surface area contributed by atoms with E-state index in [0.29, 0.717) is 5.92 Å². The molecule has 0 aromatic heterocycles. The van der Waals surface area contributed by atoms with E-state index in [4.69, 9.17) is 10.2 Å². The van der Waals surface area contributed by atoms with Crippen molar-refractivity contribution in [2.24, 2.45) is 11.7 Å². The van der Waals surface area contributed by atoms with Gasteiger partial charge in [-0.05, 0) is 38.5 Å². The average molecular weight is 218 g/mol. The van der Waals surface area contributed by atoms with Crippen LogP contribution in [0.25, 0.3) is 0 Å².